The minimum Gasteiger partial charge on any atom is -0.504 e. The summed E-state index contributed by atoms with van der Waals surface area (Å²) >= 11 is 5.24. The number of allylic oxidation sites excluding steroid dienone is 1. The Morgan fingerprint density at radius 3 is 2.67 bits per heavy atom. The molecule has 1 aliphatic heterocycles. The molecule has 0 aromatic heterocycles. The van der Waals surface area contributed by atoms with Crippen LogP contribution in [0.15, 0.2) is 59.8 Å². The van der Waals surface area contributed by atoms with E-state index in [1.54, 1.807) is 19.1 Å². The van der Waals surface area contributed by atoms with Gasteiger partial charge in [-0.1, -0.05) is 36.4 Å². The molecule has 2 aromatic rings. The molecule has 3 N–H and O–H groups in total. The third kappa shape index (κ3) is 4.20. The number of nitrogens with one attached hydrogen (secondary N) is 2. The van der Waals surface area contributed by atoms with Crippen molar-refractivity contribution in [3.63, 3.8) is 0 Å². The van der Waals surface area contributed by atoms with Crippen LogP contribution >= 0.6 is 12.2 Å². The van der Waals surface area contributed by atoms with E-state index >= 15 is 0 Å². The molecule has 0 spiro atoms. The van der Waals surface area contributed by atoms with Crippen molar-refractivity contribution < 1.29 is 19.4 Å². The van der Waals surface area contributed by atoms with Gasteiger partial charge in [0.25, 0.3) is 0 Å². The van der Waals surface area contributed by atoms with Crippen molar-refractivity contribution in [2.24, 2.45) is 0 Å². The van der Waals surface area contributed by atoms with Crippen LogP contribution in [-0.4, -0.2) is 23.3 Å². The molecule has 0 aliphatic carbocycles. The maximum atomic E-state index is 12.8. The summed E-state index contributed by atoms with van der Waals surface area (Å²) in [6.07, 6.45) is 0. The van der Waals surface area contributed by atoms with E-state index in [1.165, 1.54) is 13.2 Å². The molecule has 140 valence electrons. The zero-order valence-electron chi connectivity index (χ0n) is 15.0. The minimum absolute atomic E-state index is 0.0201. The van der Waals surface area contributed by atoms with Gasteiger partial charge in [-0.25, -0.2) is 4.79 Å². The first-order valence-electron chi connectivity index (χ1n) is 8.36. The summed E-state index contributed by atoms with van der Waals surface area (Å²) in [4.78, 5) is 12.8. The van der Waals surface area contributed by atoms with Crippen molar-refractivity contribution in [2.45, 2.75) is 19.6 Å². The van der Waals surface area contributed by atoms with Crippen LogP contribution in [0.4, 0.5) is 0 Å². The van der Waals surface area contributed by atoms with Crippen LogP contribution in [0.2, 0.25) is 0 Å². The Balaban J connectivity index is 1.88. The molecule has 1 heterocycles. The summed E-state index contributed by atoms with van der Waals surface area (Å²) in [5.74, 6) is -0.115. The molecule has 3 rings (SSSR count). The number of ether oxygens (including phenoxy) is 2. The number of phenols is 1. The van der Waals surface area contributed by atoms with Crippen LogP contribution in [0.3, 0.4) is 0 Å². The zero-order valence-corrected chi connectivity index (χ0v) is 15.8. The van der Waals surface area contributed by atoms with E-state index in [9.17, 15) is 9.90 Å². The first-order chi connectivity index (χ1) is 13.0. The minimum atomic E-state index is -0.517. The van der Waals surface area contributed by atoms with Gasteiger partial charge >= 0.3 is 5.97 Å². The van der Waals surface area contributed by atoms with Gasteiger partial charge in [0.05, 0.1) is 18.7 Å². The van der Waals surface area contributed by atoms with Crippen molar-refractivity contribution in [1.82, 2.24) is 10.6 Å². The highest BCUT2D eigenvalue weighted by atomic mass is 32.1. The van der Waals surface area contributed by atoms with Gasteiger partial charge in [0.15, 0.2) is 16.6 Å². The topological polar surface area (TPSA) is 79.8 Å². The number of thiocarbonyl (C=S) groups is 1. The third-order valence-corrected chi connectivity index (χ3v) is 4.46. The lowest BCUT2D eigenvalue weighted by atomic mass is 9.95. The Morgan fingerprint density at radius 1 is 1.22 bits per heavy atom. The number of methoxy groups -OCH3 is 1. The maximum Gasteiger partial charge on any atom is 0.338 e. The van der Waals surface area contributed by atoms with E-state index in [0.717, 1.165) is 11.1 Å². The molecule has 1 atom stereocenters. The highest BCUT2D eigenvalue weighted by Crippen LogP contribution is 2.33. The highest BCUT2D eigenvalue weighted by Gasteiger charge is 2.31. The number of phenolic OH excluding ortho intramolecular Hbond substituents is 1. The maximum absolute atomic E-state index is 12.8. The molecule has 0 unspecified atom stereocenters. The molecule has 7 heteroatoms. The normalized spacial score (nSPS) is 16.4. The molecule has 0 fully saturated rings. The van der Waals surface area contributed by atoms with E-state index in [0.29, 0.717) is 22.1 Å². The summed E-state index contributed by atoms with van der Waals surface area (Å²) in [6, 6.07) is 13.8. The average Bonchev–Trinajstić information content (AvgIpc) is 2.66. The number of aromatic hydroxyl groups is 1. The summed E-state index contributed by atoms with van der Waals surface area (Å²) in [7, 11) is 1.47. The predicted octanol–water partition coefficient (Wildman–Crippen LogP) is 2.94. The van der Waals surface area contributed by atoms with Crippen molar-refractivity contribution in [3.05, 3.63) is 70.9 Å². The number of esters is 1. The first-order valence-corrected chi connectivity index (χ1v) is 8.76. The van der Waals surface area contributed by atoms with Gasteiger partial charge in [-0.15, -0.1) is 0 Å². The average molecular weight is 384 g/mol. The third-order valence-electron chi connectivity index (χ3n) is 4.24. The molecule has 0 saturated carbocycles. The standard InChI is InChI=1S/C20H20N2O4S/c1-12-17(19(24)26-11-13-6-4-3-5-7-13)18(22-20(27)21-12)14-8-9-15(23)16(10-14)25-2/h3-10,18,23H,11H2,1-2H3,(H2,21,22,27)/t18-/m0/s1. The van der Waals surface area contributed by atoms with E-state index in [1.807, 2.05) is 30.3 Å². The largest absolute Gasteiger partial charge is 0.504 e. The first kappa shape index (κ1) is 18.7. The Bertz CT molecular complexity index is 896. The van der Waals surface area contributed by atoms with Crippen LogP contribution in [0.1, 0.15) is 24.1 Å². The molecule has 0 radical (unpaired) electrons. The summed E-state index contributed by atoms with van der Waals surface area (Å²) in [6.45, 7) is 1.95. The Labute approximate surface area is 162 Å². The van der Waals surface area contributed by atoms with Gasteiger partial charge < -0.3 is 25.2 Å². The molecule has 6 nitrogen and oxygen atoms in total. The molecule has 27 heavy (non-hydrogen) atoms. The molecule has 0 amide bonds. The Morgan fingerprint density at radius 2 is 1.96 bits per heavy atom. The molecular weight excluding hydrogens is 364 g/mol. The van der Waals surface area contributed by atoms with Gasteiger partial charge in [-0.3, -0.25) is 0 Å². The summed E-state index contributed by atoms with van der Waals surface area (Å²) in [5, 5.41) is 16.3. The number of rotatable bonds is 5. The van der Waals surface area contributed by atoms with Crippen molar-refractivity contribution in [3.8, 4) is 11.5 Å². The number of hydrogen-bond acceptors (Lipinski definition) is 5. The van der Waals surface area contributed by atoms with Crippen LogP contribution in [0.5, 0.6) is 11.5 Å². The van der Waals surface area contributed by atoms with Gasteiger partial charge in [0.2, 0.25) is 0 Å². The lowest BCUT2D eigenvalue weighted by Gasteiger charge is -2.30. The summed E-state index contributed by atoms with van der Waals surface area (Å²) in [5.41, 5.74) is 2.67. The van der Waals surface area contributed by atoms with E-state index in [-0.39, 0.29) is 12.4 Å². The van der Waals surface area contributed by atoms with Gasteiger partial charge in [-0.05, 0) is 42.4 Å². The molecule has 0 saturated heterocycles. The van der Waals surface area contributed by atoms with E-state index in [4.69, 9.17) is 21.7 Å². The van der Waals surface area contributed by atoms with Crippen LogP contribution in [0, 0.1) is 0 Å². The monoisotopic (exact) mass is 384 g/mol. The number of benzene rings is 2. The number of hydrogen-bond donors (Lipinski definition) is 3. The number of carbonyl (C=O) groups is 1. The molecular formula is C20H20N2O4S. The second-order valence-corrected chi connectivity index (χ2v) is 6.47. The molecule has 2 aromatic carbocycles. The SMILES string of the molecule is COc1cc([C@@H]2NC(=S)NC(C)=C2C(=O)OCc2ccccc2)ccc1O. The smallest absolute Gasteiger partial charge is 0.338 e. The van der Waals surface area contributed by atoms with Gasteiger partial charge in [0.1, 0.15) is 6.61 Å². The van der Waals surface area contributed by atoms with Crippen molar-refractivity contribution in [1.29, 1.82) is 0 Å². The van der Waals surface area contributed by atoms with E-state index < -0.39 is 12.0 Å². The Hall–Kier alpha value is -3.06. The lowest BCUT2D eigenvalue weighted by molar-refractivity contribution is -0.140. The van der Waals surface area contributed by atoms with E-state index in [2.05, 4.69) is 10.6 Å². The summed E-state index contributed by atoms with van der Waals surface area (Å²) < 4.78 is 10.7. The quantitative estimate of drug-likeness (QED) is 0.540. The second-order valence-electron chi connectivity index (χ2n) is 6.06. The van der Waals surface area contributed by atoms with Crippen LogP contribution in [-0.2, 0) is 16.1 Å². The molecule has 1 aliphatic rings. The fraction of sp³-hybridized carbons (Fsp3) is 0.200. The highest BCUT2D eigenvalue weighted by molar-refractivity contribution is 7.80. The van der Waals surface area contributed by atoms with Crippen LogP contribution in [0.25, 0.3) is 0 Å². The fourth-order valence-corrected chi connectivity index (χ4v) is 3.16. The Kier molecular flexibility index (Phi) is 5.61. The number of carbonyl (C=O) groups excluding carboxylic acids is 1. The second kappa shape index (κ2) is 8.09. The predicted molar refractivity (Wildman–Crippen MR) is 105 cm³/mol. The van der Waals surface area contributed by atoms with Gasteiger partial charge in [0, 0.05) is 5.70 Å². The zero-order chi connectivity index (χ0) is 19.4. The van der Waals surface area contributed by atoms with Crippen LogP contribution < -0.4 is 15.4 Å². The fourth-order valence-electron chi connectivity index (χ4n) is 2.89. The lowest BCUT2D eigenvalue weighted by Crippen LogP contribution is -2.45. The van der Waals surface area contributed by atoms with Gasteiger partial charge in [-0.2, -0.15) is 0 Å². The van der Waals surface area contributed by atoms with Crippen molar-refractivity contribution >= 4 is 23.3 Å². The van der Waals surface area contributed by atoms with Crippen molar-refractivity contribution in [2.75, 3.05) is 7.11 Å². The molecule has 0 bridgehead atoms.